The predicted molar refractivity (Wildman–Crippen MR) is 92.8 cm³/mol. The average Bonchev–Trinajstić information content (AvgIpc) is 2.99. The molecule has 6 heteroatoms. The minimum Gasteiger partial charge on any atom is -0.337 e. The van der Waals surface area contributed by atoms with Crippen molar-refractivity contribution in [3.8, 4) is 0 Å². The molecule has 0 aromatic rings. The van der Waals surface area contributed by atoms with Gasteiger partial charge in [0.15, 0.2) is 0 Å². The van der Waals surface area contributed by atoms with Gasteiger partial charge in [-0.05, 0) is 44.9 Å². The van der Waals surface area contributed by atoms with Crippen LogP contribution in [-0.4, -0.2) is 51.8 Å². The molecule has 1 spiro atoms. The van der Waals surface area contributed by atoms with Gasteiger partial charge in [0.05, 0.1) is 0 Å². The second kappa shape index (κ2) is 6.61. The normalized spacial score (nSPS) is 25.8. The first-order valence-electron chi connectivity index (χ1n) is 10.1. The fraction of sp³-hybridized carbons (Fsp3) is 0.842. The molecule has 1 heterocycles. The van der Waals surface area contributed by atoms with Crippen LogP contribution in [0.15, 0.2) is 0 Å². The fourth-order valence-corrected chi connectivity index (χ4v) is 4.95. The summed E-state index contributed by atoms with van der Waals surface area (Å²) >= 11 is 0. The number of hydrogen-bond donors (Lipinski definition) is 1. The Hall–Kier alpha value is -1.59. The highest BCUT2D eigenvalue weighted by Gasteiger charge is 2.52. The van der Waals surface area contributed by atoms with Gasteiger partial charge in [-0.1, -0.05) is 25.7 Å². The zero-order valence-electron chi connectivity index (χ0n) is 15.0. The summed E-state index contributed by atoms with van der Waals surface area (Å²) in [6.07, 6.45) is 11.5. The number of amides is 4. The maximum Gasteiger partial charge on any atom is 0.325 e. The van der Waals surface area contributed by atoms with Crippen molar-refractivity contribution in [1.82, 2.24) is 15.1 Å². The minimum absolute atomic E-state index is 0.0720. The van der Waals surface area contributed by atoms with Crippen LogP contribution in [-0.2, 0) is 9.59 Å². The molecule has 1 saturated heterocycles. The van der Waals surface area contributed by atoms with Crippen molar-refractivity contribution in [2.24, 2.45) is 0 Å². The number of urea groups is 1. The largest absolute Gasteiger partial charge is 0.337 e. The molecule has 3 saturated carbocycles. The molecule has 0 unspecified atom stereocenters. The van der Waals surface area contributed by atoms with E-state index in [0.29, 0.717) is 31.5 Å². The third kappa shape index (κ3) is 3.15. The molecule has 4 amide bonds. The van der Waals surface area contributed by atoms with Gasteiger partial charge in [0.2, 0.25) is 5.91 Å². The Labute approximate surface area is 149 Å². The van der Waals surface area contributed by atoms with Gasteiger partial charge in [0.25, 0.3) is 5.91 Å². The van der Waals surface area contributed by atoms with Crippen LogP contribution in [0.4, 0.5) is 4.79 Å². The topological polar surface area (TPSA) is 69.7 Å². The Morgan fingerprint density at radius 1 is 1.04 bits per heavy atom. The molecule has 0 bridgehead atoms. The van der Waals surface area contributed by atoms with E-state index in [0.717, 1.165) is 51.4 Å². The second-order valence-corrected chi connectivity index (χ2v) is 8.25. The molecule has 25 heavy (non-hydrogen) atoms. The van der Waals surface area contributed by atoms with Crippen molar-refractivity contribution >= 4 is 17.8 Å². The number of carbonyl (C=O) groups is 3. The van der Waals surface area contributed by atoms with Gasteiger partial charge < -0.3 is 10.2 Å². The highest BCUT2D eigenvalue weighted by atomic mass is 16.2. The minimum atomic E-state index is -0.634. The molecule has 6 nitrogen and oxygen atoms in total. The van der Waals surface area contributed by atoms with E-state index in [2.05, 4.69) is 10.2 Å². The highest BCUT2D eigenvalue weighted by molar-refractivity contribution is 6.07. The van der Waals surface area contributed by atoms with Crippen LogP contribution in [0, 0.1) is 0 Å². The van der Waals surface area contributed by atoms with E-state index in [9.17, 15) is 14.4 Å². The first-order valence-corrected chi connectivity index (χ1v) is 10.1. The lowest BCUT2D eigenvalue weighted by Gasteiger charge is -2.29. The van der Waals surface area contributed by atoms with Crippen LogP contribution in [0.5, 0.6) is 0 Å². The second-order valence-electron chi connectivity index (χ2n) is 8.25. The third-order valence-corrected chi connectivity index (χ3v) is 6.42. The maximum atomic E-state index is 12.7. The van der Waals surface area contributed by atoms with Crippen molar-refractivity contribution in [3.05, 3.63) is 0 Å². The lowest BCUT2D eigenvalue weighted by atomic mass is 9.98. The molecular weight excluding hydrogens is 318 g/mol. The van der Waals surface area contributed by atoms with E-state index >= 15 is 0 Å². The Morgan fingerprint density at radius 3 is 2.32 bits per heavy atom. The standard InChI is InChI=1S/C19H29N3O3/c23-16(22(15-9-10-15)14-6-1-2-7-14)8-5-13-21-17(24)19(20-18(21)25)11-3-4-12-19/h14-15H,1-13H2,(H,20,25). The molecule has 138 valence electrons. The number of rotatable bonds is 6. The summed E-state index contributed by atoms with van der Waals surface area (Å²) < 4.78 is 0. The van der Waals surface area contributed by atoms with Gasteiger partial charge >= 0.3 is 6.03 Å². The summed E-state index contributed by atoms with van der Waals surface area (Å²) in [6, 6.07) is 0.613. The van der Waals surface area contributed by atoms with Crippen molar-refractivity contribution < 1.29 is 14.4 Å². The lowest BCUT2D eigenvalue weighted by molar-refractivity contribution is -0.135. The number of carbonyl (C=O) groups excluding carboxylic acids is 3. The number of nitrogens with one attached hydrogen (secondary N) is 1. The van der Waals surface area contributed by atoms with Crippen LogP contribution in [0.3, 0.4) is 0 Å². The molecule has 0 aromatic carbocycles. The quantitative estimate of drug-likeness (QED) is 0.751. The van der Waals surface area contributed by atoms with Gasteiger partial charge in [0, 0.05) is 25.0 Å². The molecule has 1 aliphatic heterocycles. The van der Waals surface area contributed by atoms with Gasteiger partial charge in [0.1, 0.15) is 5.54 Å². The fourth-order valence-electron chi connectivity index (χ4n) is 4.95. The molecule has 1 N–H and O–H groups in total. The average molecular weight is 347 g/mol. The van der Waals surface area contributed by atoms with Crippen molar-refractivity contribution in [2.45, 2.75) is 94.7 Å². The Balaban J connectivity index is 1.30. The van der Waals surface area contributed by atoms with Crippen LogP contribution in [0.2, 0.25) is 0 Å². The number of nitrogens with zero attached hydrogens (tertiary/aromatic N) is 2. The molecule has 0 aromatic heterocycles. The third-order valence-electron chi connectivity index (χ3n) is 6.42. The van der Waals surface area contributed by atoms with E-state index in [1.807, 2.05) is 0 Å². The van der Waals surface area contributed by atoms with Gasteiger partial charge in [-0.15, -0.1) is 0 Å². The summed E-state index contributed by atoms with van der Waals surface area (Å²) in [5, 5.41) is 2.91. The van der Waals surface area contributed by atoms with E-state index in [4.69, 9.17) is 0 Å². The van der Waals surface area contributed by atoms with Crippen LogP contribution >= 0.6 is 0 Å². The molecule has 4 aliphatic rings. The van der Waals surface area contributed by atoms with E-state index in [-0.39, 0.29) is 17.8 Å². The number of imide groups is 1. The van der Waals surface area contributed by atoms with E-state index in [1.54, 1.807) is 0 Å². The Kier molecular flexibility index (Phi) is 4.46. The summed E-state index contributed by atoms with van der Waals surface area (Å²) in [5.41, 5.74) is -0.634. The number of hydrogen-bond acceptors (Lipinski definition) is 3. The highest BCUT2D eigenvalue weighted by Crippen LogP contribution is 2.36. The molecular formula is C19H29N3O3. The monoisotopic (exact) mass is 347 g/mol. The zero-order valence-corrected chi connectivity index (χ0v) is 15.0. The summed E-state index contributed by atoms with van der Waals surface area (Å²) in [4.78, 5) is 41.0. The summed E-state index contributed by atoms with van der Waals surface area (Å²) in [6.45, 7) is 0.362. The summed E-state index contributed by atoms with van der Waals surface area (Å²) in [7, 11) is 0. The lowest BCUT2D eigenvalue weighted by Crippen LogP contribution is -2.44. The molecule has 3 aliphatic carbocycles. The van der Waals surface area contributed by atoms with Crippen LogP contribution in [0.25, 0.3) is 0 Å². The molecule has 4 fully saturated rings. The molecule has 0 radical (unpaired) electrons. The van der Waals surface area contributed by atoms with E-state index < -0.39 is 5.54 Å². The first kappa shape index (κ1) is 16.9. The van der Waals surface area contributed by atoms with Gasteiger partial charge in [-0.25, -0.2) is 4.79 Å². The summed E-state index contributed by atoms with van der Waals surface area (Å²) in [5.74, 6) is 0.148. The first-order chi connectivity index (χ1) is 12.1. The predicted octanol–water partition coefficient (Wildman–Crippen LogP) is 2.56. The zero-order chi connectivity index (χ0) is 17.4. The smallest absolute Gasteiger partial charge is 0.325 e. The van der Waals surface area contributed by atoms with Gasteiger partial charge in [-0.2, -0.15) is 0 Å². The Morgan fingerprint density at radius 2 is 1.68 bits per heavy atom. The van der Waals surface area contributed by atoms with Crippen molar-refractivity contribution in [1.29, 1.82) is 0 Å². The van der Waals surface area contributed by atoms with Crippen LogP contribution < -0.4 is 5.32 Å². The SMILES string of the molecule is O=C1NC2(CCCC2)C(=O)N1CCCC(=O)N(C1CCCC1)C1CC1. The van der Waals surface area contributed by atoms with E-state index in [1.165, 1.54) is 17.7 Å². The molecule has 4 rings (SSSR count). The van der Waals surface area contributed by atoms with Crippen molar-refractivity contribution in [3.63, 3.8) is 0 Å². The van der Waals surface area contributed by atoms with Gasteiger partial charge in [-0.3, -0.25) is 14.5 Å². The Bertz CT molecular complexity index is 560. The van der Waals surface area contributed by atoms with Crippen LogP contribution in [0.1, 0.15) is 77.0 Å². The molecule has 0 atom stereocenters. The maximum absolute atomic E-state index is 12.7. The van der Waals surface area contributed by atoms with Crippen molar-refractivity contribution in [2.75, 3.05) is 6.54 Å².